The van der Waals surface area contributed by atoms with Gasteiger partial charge in [0.1, 0.15) is 5.69 Å². The highest BCUT2D eigenvalue weighted by Crippen LogP contribution is 2.37. The van der Waals surface area contributed by atoms with Gasteiger partial charge in [0.15, 0.2) is 0 Å². The van der Waals surface area contributed by atoms with Crippen molar-refractivity contribution in [1.29, 1.82) is 0 Å². The highest BCUT2D eigenvalue weighted by Gasteiger charge is 2.33. The van der Waals surface area contributed by atoms with Gasteiger partial charge in [-0.05, 0) is 38.0 Å². The van der Waals surface area contributed by atoms with E-state index in [9.17, 15) is 9.59 Å². The van der Waals surface area contributed by atoms with E-state index in [1.165, 1.54) is 11.3 Å². The van der Waals surface area contributed by atoms with Gasteiger partial charge in [0, 0.05) is 43.6 Å². The van der Waals surface area contributed by atoms with E-state index in [4.69, 9.17) is 0 Å². The summed E-state index contributed by atoms with van der Waals surface area (Å²) in [6.07, 6.45) is 7.05. The summed E-state index contributed by atoms with van der Waals surface area (Å²) in [5.41, 5.74) is 0.402. The van der Waals surface area contributed by atoms with Crippen LogP contribution in [0.5, 0.6) is 0 Å². The number of hydrogen-bond acceptors (Lipinski definition) is 5. The molecule has 0 aliphatic carbocycles. The van der Waals surface area contributed by atoms with Crippen LogP contribution < -0.4 is 0 Å². The topological polar surface area (TPSA) is 70.8 Å². The number of amides is 2. The molecule has 0 spiro atoms. The van der Waals surface area contributed by atoms with Gasteiger partial charge in [0.05, 0.1) is 10.9 Å². The second-order valence-electron chi connectivity index (χ2n) is 6.63. The lowest BCUT2D eigenvalue weighted by Gasteiger charge is -2.23. The van der Waals surface area contributed by atoms with E-state index in [2.05, 4.69) is 9.97 Å². The number of likely N-dealkylation sites (tertiary alicyclic amines) is 1. The van der Waals surface area contributed by atoms with Crippen LogP contribution in [-0.2, 0) is 0 Å². The van der Waals surface area contributed by atoms with Gasteiger partial charge in [-0.25, -0.2) is 9.97 Å². The standard InChI is InChI=1S/C19H21N5O2S/c1-3-22(2)18(26)16-8-7-15(27-16)14-6-4-11-24(14)17(25)13-12-23-10-5-9-20-19(23)21-13/h5,7-10,12,14H,3-4,6,11H2,1-2H3. The molecule has 0 saturated carbocycles. The molecule has 2 amide bonds. The predicted octanol–water partition coefficient (Wildman–Crippen LogP) is 2.86. The third-order valence-electron chi connectivity index (χ3n) is 4.96. The molecule has 8 heteroatoms. The van der Waals surface area contributed by atoms with Crippen LogP contribution in [0.25, 0.3) is 5.78 Å². The number of rotatable bonds is 4. The van der Waals surface area contributed by atoms with Crippen LogP contribution in [0.15, 0.2) is 36.8 Å². The Morgan fingerprint density at radius 3 is 3.00 bits per heavy atom. The average Bonchev–Trinajstić information content (AvgIpc) is 3.44. The van der Waals surface area contributed by atoms with Crippen molar-refractivity contribution in [3.63, 3.8) is 0 Å². The third kappa shape index (κ3) is 3.21. The van der Waals surface area contributed by atoms with E-state index >= 15 is 0 Å². The van der Waals surface area contributed by atoms with Gasteiger partial charge < -0.3 is 9.80 Å². The Kier molecular flexibility index (Phi) is 4.65. The number of carbonyl (C=O) groups is 2. The van der Waals surface area contributed by atoms with E-state index in [0.717, 1.165) is 17.7 Å². The first-order chi connectivity index (χ1) is 13.1. The molecule has 1 aliphatic heterocycles. The van der Waals surface area contributed by atoms with Crippen molar-refractivity contribution >= 4 is 28.9 Å². The second kappa shape index (κ2) is 7.11. The zero-order valence-electron chi connectivity index (χ0n) is 15.3. The van der Waals surface area contributed by atoms with E-state index < -0.39 is 0 Å². The molecule has 140 valence electrons. The summed E-state index contributed by atoms with van der Waals surface area (Å²) in [5, 5.41) is 0. The Hall–Kier alpha value is -2.74. The molecule has 1 aliphatic rings. The maximum atomic E-state index is 13.0. The largest absolute Gasteiger partial charge is 0.341 e. The van der Waals surface area contributed by atoms with E-state index in [1.807, 2.05) is 30.2 Å². The summed E-state index contributed by atoms with van der Waals surface area (Å²) in [6.45, 7) is 3.32. The maximum Gasteiger partial charge on any atom is 0.274 e. The molecule has 1 saturated heterocycles. The fourth-order valence-electron chi connectivity index (χ4n) is 3.36. The van der Waals surface area contributed by atoms with Crippen molar-refractivity contribution < 1.29 is 9.59 Å². The lowest BCUT2D eigenvalue weighted by atomic mass is 10.2. The zero-order valence-corrected chi connectivity index (χ0v) is 16.1. The molecule has 4 rings (SSSR count). The summed E-state index contributed by atoms with van der Waals surface area (Å²) >= 11 is 1.48. The molecule has 1 atom stereocenters. The molecule has 1 unspecified atom stereocenters. The van der Waals surface area contributed by atoms with E-state index in [0.29, 0.717) is 29.4 Å². The Morgan fingerprint density at radius 1 is 1.37 bits per heavy atom. The molecule has 3 aromatic rings. The van der Waals surface area contributed by atoms with Crippen LogP contribution in [-0.4, -0.2) is 56.1 Å². The smallest absolute Gasteiger partial charge is 0.274 e. The molecular weight excluding hydrogens is 362 g/mol. The van der Waals surface area contributed by atoms with Crippen LogP contribution >= 0.6 is 11.3 Å². The average molecular weight is 383 g/mol. The third-order valence-corrected chi connectivity index (χ3v) is 6.13. The van der Waals surface area contributed by atoms with Crippen molar-refractivity contribution in [3.8, 4) is 0 Å². The van der Waals surface area contributed by atoms with Gasteiger partial charge in [0.2, 0.25) is 5.78 Å². The van der Waals surface area contributed by atoms with Gasteiger partial charge in [0.25, 0.3) is 11.8 Å². The molecule has 3 aromatic heterocycles. The van der Waals surface area contributed by atoms with Gasteiger partial charge in [-0.3, -0.25) is 14.0 Å². The van der Waals surface area contributed by atoms with Gasteiger partial charge in [-0.1, -0.05) is 0 Å². The molecule has 1 fully saturated rings. The molecular formula is C19H21N5O2S. The fraction of sp³-hybridized carbons (Fsp3) is 0.368. The lowest BCUT2D eigenvalue weighted by molar-refractivity contribution is 0.0732. The Balaban J connectivity index is 1.58. The second-order valence-corrected chi connectivity index (χ2v) is 7.75. The molecule has 0 N–H and O–H groups in total. The van der Waals surface area contributed by atoms with Crippen LogP contribution in [0.3, 0.4) is 0 Å². The van der Waals surface area contributed by atoms with Crippen LogP contribution in [0, 0.1) is 0 Å². The molecule has 27 heavy (non-hydrogen) atoms. The van der Waals surface area contributed by atoms with Crippen molar-refractivity contribution in [2.75, 3.05) is 20.1 Å². The van der Waals surface area contributed by atoms with Crippen molar-refractivity contribution in [3.05, 3.63) is 52.2 Å². The van der Waals surface area contributed by atoms with Crippen molar-refractivity contribution in [2.45, 2.75) is 25.8 Å². The van der Waals surface area contributed by atoms with Gasteiger partial charge in [-0.2, -0.15) is 0 Å². The number of imidazole rings is 1. The quantitative estimate of drug-likeness (QED) is 0.695. The Morgan fingerprint density at radius 2 is 2.22 bits per heavy atom. The Bertz CT molecular complexity index is 962. The number of carbonyl (C=O) groups excluding carboxylic acids is 2. The van der Waals surface area contributed by atoms with Crippen molar-refractivity contribution in [2.24, 2.45) is 0 Å². The number of nitrogens with zero attached hydrogens (tertiary/aromatic N) is 5. The van der Waals surface area contributed by atoms with Gasteiger partial charge >= 0.3 is 0 Å². The summed E-state index contributed by atoms with van der Waals surface area (Å²) in [6, 6.07) is 5.64. The predicted molar refractivity (Wildman–Crippen MR) is 103 cm³/mol. The van der Waals surface area contributed by atoms with Crippen LogP contribution in [0.2, 0.25) is 0 Å². The minimum absolute atomic E-state index is 0.00578. The van der Waals surface area contributed by atoms with Crippen LogP contribution in [0.4, 0.5) is 0 Å². The maximum absolute atomic E-state index is 13.0. The summed E-state index contributed by atoms with van der Waals surface area (Å²) in [4.78, 5) is 39.3. The molecule has 4 heterocycles. The minimum Gasteiger partial charge on any atom is -0.341 e. The Labute approximate surface area is 161 Å². The zero-order chi connectivity index (χ0) is 19.0. The number of fused-ring (bicyclic) bond motifs is 1. The number of thiophene rings is 1. The van der Waals surface area contributed by atoms with Crippen LogP contribution in [0.1, 0.15) is 50.8 Å². The molecule has 7 nitrogen and oxygen atoms in total. The summed E-state index contributed by atoms with van der Waals surface area (Å²) < 4.78 is 1.75. The van der Waals surface area contributed by atoms with Crippen molar-refractivity contribution in [1.82, 2.24) is 24.2 Å². The van der Waals surface area contributed by atoms with E-state index in [1.54, 1.807) is 34.8 Å². The lowest BCUT2D eigenvalue weighted by Crippen LogP contribution is -2.30. The first kappa shape index (κ1) is 17.7. The monoisotopic (exact) mass is 383 g/mol. The first-order valence-electron chi connectivity index (χ1n) is 9.04. The number of hydrogen-bond donors (Lipinski definition) is 0. The summed E-state index contributed by atoms with van der Waals surface area (Å²) in [7, 11) is 1.80. The fourth-order valence-corrected chi connectivity index (χ4v) is 4.51. The molecule has 0 bridgehead atoms. The highest BCUT2D eigenvalue weighted by molar-refractivity contribution is 7.14. The summed E-state index contributed by atoms with van der Waals surface area (Å²) in [5.74, 6) is 0.453. The molecule has 0 aromatic carbocycles. The van der Waals surface area contributed by atoms with Gasteiger partial charge in [-0.15, -0.1) is 11.3 Å². The highest BCUT2D eigenvalue weighted by atomic mass is 32.1. The number of aromatic nitrogens is 3. The minimum atomic E-state index is -0.0880. The first-order valence-corrected chi connectivity index (χ1v) is 9.86. The SMILES string of the molecule is CCN(C)C(=O)c1ccc(C2CCCN2C(=O)c2cn3cccnc3n2)s1. The van der Waals surface area contributed by atoms with E-state index in [-0.39, 0.29) is 17.9 Å². The normalized spacial score (nSPS) is 16.8. The molecule has 0 radical (unpaired) electrons.